The minimum absolute atomic E-state index is 0.344. The van der Waals surface area contributed by atoms with E-state index in [0.717, 1.165) is 10.3 Å². The number of amides is 1. The van der Waals surface area contributed by atoms with Gasteiger partial charge in [-0.1, -0.05) is 36.4 Å². The van der Waals surface area contributed by atoms with Gasteiger partial charge in [0.1, 0.15) is 12.4 Å². The fourth-order valence-electron chi connectivity index (χ4n) is 4.19. The van der Waals surface area contributed by atoms with Gasteiger partial charge in [0.05, 0.1) is 32.2 Å². The van der Waals surface area contributed by atoms with Gasteiger partial charge in [0.25, 0.3) is 0 Å². The Morgan fingerprint density at radius 2 is 1.30 bits per heavy atom. The number of aliphatic carboxylic acids is 4. The van der Waals surface area contributed by atoms with Gasteiger partial charge in [-0.25, -0.2) is 9.59 Å². The zero-order valence-electron chi connectivity index (χ0n) is 23.3. The predicted molar refractivity (Wildman–Crippen MR) is 145 cm³/mol. The number of benzene rings is 2. The van der Waals surface area contributed by atoms with Gasteiger partial charge >= 0.3 is 29.8 Å². The number of carboxylic acid groups (broad SMARTS) is 4. The number of ether oxygens (including phenoxy) is 2. The Kier molecular flexibility index (Phi) is 11.5. The zero-order valence-corrected chi connectivity index (χ0v) is 23.3. The first-order valence-electron chi connectivity index (χ1n) is 12.9. The van der Waals surface area contributed by atoms with Crippen LogP contribution in [-0.4, -0.2) is 108 Å². The molecule has 2 aromatic rings. The first-order valence-corrected chi connectivity index (χ1v) is 12.9. The fraction of sp³-hybridized carbons (Fsp3) is 0.429. The van der Waals surface area contributed by atoms with Crippen molar-refractivity contribution in [2.75, 3.05) is 13.2 Å². The maximum Gasteiger partial charge on any atom is 0.336 e. The van der Waals surface area contributed by atoms with Crippen molar-refractivity contribution in [1.82, 2.24) is 4.90 Å². The van der Waals surface area contributed by atoms with Crippen LogP contribution in [0.5, 0.6) is 5.75 Å². The molecular weight excluding hydrogens is 574 g/mol. The van der Waals surface area contributed by atoms with Gasteiger partial charge in [0, 0.05) is 11.4 Å². The molecule has 0 spiro atoms. The summed E-state index contributed by atoms with van der Waals surface area (Å²) >= 11 is 0. The number of esters is 1. The lowest BCUT2D eigenvalue weighted by Gasteiger charge is -2.33. The second-order valence-electron chi connectivity index (χ2n) is 10.2. The maximum absolute atomic E-state index is 13.1. The van der Waals surface area contributed by atoms with Crippen molar-refractivity contribution >= 4 is 46.5 Å². The molecule has 15 heteroatoms. The summed E-state index contributed by atoms with van der Waals surface area (Å²) in [4.78, 5) is 72.2. The summed E-state index contributed by atoms with van der Waals surface area (Å²) in [7, 11) is 0. The van der Waals surface area contributed by atoms with Gasteiger partial charge in [0.2, 0.25) is 5.91 Å². The molecule has 0 aliphatic heterocycles. The molecule has 234 valence electrons. The lowest BCUT2D eigenvalue weighted by atomic mass is 9.94. The molecule has 15 nitrogen and oxygen atoms in total. The van der Waals surface area contributed by atoms with Crippen LogP contribution >= 0.6 is 0 Å². The minimum Gasteiger partial charge on any atom is -0.489 e. The summed E-state index contributed by atoms with van der Waals surface area (Å²) in [5.41, 5.74) is -5.96. The summed E-state index contributed by atoms with van der Waals surface area (Å²) < 4.78 is 11.2. The second-order valence-corrected chi connectivity index (χ2v) is 10.2. The quantitative estimate of drug-likeness (QED) is 0.136. The molecule has 0 fully saturated rings. The molecule has 0 heterocycles. The number of rotatable bonds is 17. The van der Waals surface area contributed by atoms with E-state index in [4.69, 9.17) is 19.7 Å². The van der Waals surface area contributed by atoms with Crippen LogP contribution in [0.25, 0.3) is 10.8 Å². The van der Waals surface area contributed by atoms with Crippen LogP contribution in [0.15, 0.2) is 42.5 Å². The standard InChI is InChI=1S/C28H33NO14/c1-16(2)29(21(30)10-27(40,25(36)37)11-22(31)32)14-18(43-24(35)13-28(41,26(38)39)12-23(33)34)15-42-20-9-5-7-17-6-3-4-8-19(17)20/h3-9,16,18,40-41H,10-15H2,1-2H3,(H,31,32)(H,33,34)(H,36,37)(H,38,39). The molecule has 6 N–H and O–H groups in total. The summed E-state index contributed by atoms with van der Waals surface area (Å²) in [6.45, 7) is 2.07. The van der Waals surface area contributed by atoms with Gasteiger partial charge < -0.3 is 45.0 Å². The Morgan fingerprint density at radius 3 is 1.84 bits per heavy atom. The maximum atomic E-state index is 13.1. The minimum atomic E-state index is -3.01. The number of carbonyl (C=O) groups excluding carboxylic acids is 2. The third kappa shape index (κ3) is 9.65. The van der Waals surface area contributed by atoms with Crippen molar-refractivity contribution in [1.29, 1.82) is 0 Å². The normalized spacial score (nSPS) is 14.6. The van der Waals surface area contributed by atoms with E-state index in [-0.39, 0.29) is 0 Å². The van der Waals surface area contributed by atoms with Crippen molar-refractivity contribution in [3.8, 4) is 5.75 Å². The van der Waals surface area contributed by atoms with Gasteiger partial charge in [-0.15, -0.1) is 0 Å². The highest BCUT2D eigenvalue weighted by molar-refractivity contribution is 5.91. The van der Waals surface area contributed by atoms with E-state index >= 15 is 0 Å². The summed E-state index contributed by atoms with van der Waals surface area (Å²) in [6.07, 6.45) is -6.40. The number of hydrogen-bond donors (Lipinski definition) is 6. The number of carboxylic acids is 4. The first kappa shape index (κ1) is 34.4. The highest BCUT2D eigenvalue weighted by Gasteiger charge is 2.44. The van der Waals surface area contributed by atoms with E-state index in [9.17, 15) is 49.2 Å². The third-order valence-electron chi connectivity index (χ3n) is 6.38. The summed E-state index contributed by atoms with van der Waals surface area (Å²) in [5, 5.41) is 58.8. The van der Waals surface area contributed by atoms with E-state index in [1.54, 1.807) is 30.3 Å². The van der Waals surface area contributed by atoms with Crippen molar-refractivity contribution in [2.45, 2.75) is 62.9 Å². The molecule has 0 bridgehead atoms. The Balaban J connectivity index is 2.37. The van der Waals surface area contributed by atoms with Crippen molar-refractivity contribution in [2.24, 2.45) is 0 Å². The topological polar surface area (TPSA) is 245 Å². The molecule has 2 rings (SSSR count). The van der Waals surface area contributed by atoms with Crippen LogP contribution in [0.4, 0.5) is 0 Å². The Bertz CT molecular complexity index is 1370. The number of fused-ring (bicyclic) bond motifs is 1. The van der Waals surface area contributed by atoms with Crippen LogP contribution in [0.2, 0.25) is 0 Å². The molecule has 1 amide bonds. The third-order valence-corrected chi connectivity index (χ3v) is 6.38. The van der Waals surface area contributed by atoms with Crippen molar-refractivity contribution in [3.05, 3.63) is 42.5 Å². The highest BCUT2D eigenvalue weighted by Crippen LogP contribution is 2.26. The molecule has 2 aromatic carbocycles. The molecular formula is C28H33NO14. The molecule has 0 aliphatic carbocycles. The first-order chi connectivity index (χ1) is 20.0. The zero-order chi connectivity index (χ0) is 32.5. The van der Waals surface area contributed by atoms with Gasteiger partial charge in [-0.3, -0.25) is 19.2 Å². The average molecular weight is 608 g/mol. The monoisotopic (exact) mass is 607 g/mol. The molecule has 0 saturated heterocycles. The van der Waals surface area contributed by atoms with Crippen LogP contribution in [0.3, 0.4) is 0 Å². The van der Waals surface area contributed by atoms with E-state index in [2.05, 4.69) is 0 Å². The molecule has 0 radical (unpaired) electrons. The lowest BCUT2D eigenvalue weighted by Crippen LogP contribution is -2.51. The van der Waals surface area contributed by atoms with Gasteiger partial charge in [-0.2, -0.15) is 0 Å². The van der Waals surface area contributed by atoms with E-state index in [0.29, 0.717) is 11.1 Å². The molecule has 3 atom stereocenters. The Morgan fingerprint density at radius 1 is 0.767 bits per heavy atom. The Hall–Kier alpha value is -4.76. The fourth-order valence-corrected chi connectivity index (χ4v) is 4.19. The smallest absolute Gasteiger partial charge is 0.336 e. The molecule has 0 aromatic heterocycles. The number of hydrogen-bond acceptors (Lipinski definition) is 10. The highest BCUT2D eigenvalue weighted by atomic mass is 16.6. The van der Waals surface area contributed by atoms with Crippen LogP contribution in [0.1, 0.15) is 39.5 Å². The van der Waals surface area contributed by atoms with Gasteiger partial charge in [0.15, 0.2) is 17.3 Å². The number of aliphatic hydroxyl groups is 2. The predicted octanol–water partition coefficient (Wildman–Crippen LogP) is 0.728. The van der Waals surface area contributed by atoms with Crippen LogP contribution in [-0.2, 0) is 33.5 Å². The molecule has 0 aliphatic rings. The van der Waals surface area contributed by atoms with E-state index < -0.39 is 97.9 Å². The largest absolute Gasteiger partial charge is 0.489 e. The lowest BCUT2D eigenvalue weighted by molar-refractivity contribution is -0.175. The van der Waals surface area contributed by atoms with Crippen LogP contribution in [0, 0.1) is 0 Å². The second kappa shape index (κ2) is 14.4. The number of carbonyl (C=O) groups is 6. The SMILES string of the molecule is CC(C)N(CC(COc1cccc2ccccc12)OC(=O)CC(O)(CC(=O)O)C(=O)O)C(=O)CC(O)(CC(=O)O)C(=O)O. The summed E-state index contributed by atoms with van der Waals surface area (Å²) in [6, 6.07) is 11.5. The van der Waals surface area contributed by atoms with Crippen molar-refractivity contribution in [3.63, 3.8) is 0 Å². The van der Waals surface area contributed by atoms with Gasteiger partial charge in [-0.05, 0) is 25.3 Å². The van der Waals surface area contributed by atoms with Crippen molar-refractivity contribution < 1.29 is 68.9 Å². The molecule has 0 saturated carbocycles. The molecule has 3 unspecified atom stereocenters. The average Bonchev–Trinajstić information content (AvgIpc) is 2.88. The summed E-state index contributed by atoms with van der Waals surface area (Å²) in [5.74, 6) is -9.31. The molecule has 43 heavy (non-hydrogen) atoms. The van der Waals surface area contributed by atoms with Crippen LogP contribution < -0.4 is 4.74 Å². The number of nitrogens with zero attached hydrogens (tertiary/aromatic N) is 1. The Labute approximate surface area is 244 Å². The van der Waals surface area contributed by atoms with E-state index in [1.165, 1.54) is 13.8 Å². The van der Waals surface area contributed by atoms with E-state index in [1.807, 2.05) is 12.1 Å².